The normalized spacial score (nSPS) is 13.8. The van der Waals surface area contributed by atoms with Gasteiger partial charge < -0.3 is 14.2 Å². The lowest BCUT2D eigenvalue weighted by molar-refractivity contribution is -0.0556. The molecule has 0 aromatic heterocycles. The second-order valence-electron chi connectivity index (χ2n) is 5.65. The maximum absolute atomic E-state index is 6.02. The van der Waals surface area contributed by atoms with Gasteiger partial charge in [0.15, 0.2) is 0 Å². The smallest absolute Gasteiger partial charge is 0.118 e. The fourth-order valence-corrected chi connectivity index (χ4v) is 2.35. The third-order valence-electron chi connectivity index (χ3n) is 3.80. The van der Waals surface area contributed by atoms with Crippen molar-refractivity contribution < 1.29 is 14.2 Å². The van der Waals surface area contributed by atoms with Gasteiger partial charge in [-0.1, -0.05) is 54.6 Å². The number of hydrogen-bond donors (Lipinski definition) is 0. The van der Waals surface area contributed by atoms with Crippen molar-refractivity contribution in [3.05, 3.63) is 77.9 Å². The second-order valence-corrected chi connectivity index (χ2v) is 5.65. The van der Waals surface area contributed by atoms with Crippen LogP contribution in [0.25, 0.3) is 0 Å². The van der Waals surface area contributed by atoms with Gasteiger partial charge in [0.1, 0.15) is 11.9 Å². The lowest BCUT2D eigenvalue weighted by Crippen LogP contribution is -2.27. The molecular weight excluding hydrogens is 300 g/mol. The standard InChI is InChI=1S/C21H26O3/c1-4-8-21(24-16-18-9-6-5-7-10-18)17(2)23-15-19-11-13-20(22-3)14-12-19/h4-14,17,21H,15-16H2,1-3H3/t17-,21+/m0/s1. The fourth-order valence-electron chi connectivity index (χ4n) is 2.35. The van der Waals surface area contributed by atoms with E-state index in [1.165, 1.54) is 0 Å². The quantitative estimate of drug-likeness (QED) is 0.622. The van der Waals surface area contributed by atoms with E-state index in [1.54, 1.807) is 7.11 Å². The molecule has 0 unspecified atom stereocenters. The number of ether oxygens (including phenoxy) is 3. The number of benzene rings is 2. The number of rotatable bonds is 9. The Hall–Kier alpha value is -2.10. The molecule has 2 aromatic rings. The summed E-state index contributed by atoms with van der Waals surface area (Å²) in [7, 11) is 1.67. The molecule has 3 heteroatoms. The van der Waals surface area contributed by atoms with Crippen molar-refractivity contribution >= 4 is 0 Å². The topological polar surface area (TPSA) is 27.7 Å². The van der Waals surface area contributed by atoms with Gasteiger partial charge in [0, 0.05) is 0 Å². The molecule has 0 N–H and O–H groups in total. The van der Waals surface area contributed by atoms with Crippen LogP contribution in [0.15, 0.2) is 66.7 Å². The summed E-state index contributed by atoms with van der Waals surface area (Å²) in [5.41, 5.74) is 2.28. The minimum Gasteiger partial charge on any atom is -0.497 e. The minimum atomic E-state index is -0.0755. The lowest BCUT2D eigenvalue weighted by Gasteiger charge is -2.22. The van der Waals surface area contributed by atoms with Gasteiger partial charge >= 0.3 is 0 Å². The number of hydrogen-bond acceptors (Lipinski definition) is 3. The number of allylic oxidation sites excluding steroid dienone is 1. The SMILES string of the molecule is CC=C[C@@H](OCc1ccccc1)[C@H](C)OCc1ccc(OC)cc1. The lowest BCUT2D eigenvalue weighted by atomic mass is 10.2. The molecule has 0 aliphatic carbocycles. The Kier molecular flexibility index (Phi) is 7.53. The van der Waals surface area contributed by atoms with Gasteiger partial charge in [-0.05, 0) is 37.1 Å². The summed E-state index contributed by atoms with van der Waals surface area (Å²) >= 11 is 0. The maximum atomic E-state index is 6.02. The molecule has 0 saturated heterocycles. The molecule has 2 rings (SSSR count). The van der Waals surface area contributed by atoms with Gasteiger partial charge in [0.25, 0.3) is 0 Å². The highest BCUT2D eigenvalue weighted by Gasteiger charge is 2.16. The van der Waals surface area contributed by atoms with E-state index in [0.717, 1.165) is 16.9 Å². The summed E-state index contributed by atoms with van der Waals surface area (Å²) < 4.78 is 17.2. The van der Waals surface area contributed by atoms with Crippen LogP contribution in [0, 0.1) is 0 Å². The summed E-state index contributed by atoms with van der Waals surface area (Å²) in [4.78, 5) is 0. The van der Waals surface area contributed by atoms with Crippen LogP contribution in [-0.2, 0) is 22.7 Å². The Morgan fingerprint density at radius 1 is 0.875 bits per heavy atom. The molecule has 0 aliphatic rings. The molecule has 2 atom stereocenters. The average molecular weight is 326 g/mol. The third-order valence-corrected chi connectivity index (χ3v) is 3.80. The largest absolute Gasteiger partial charge is 0.497 e. The highest BCUT2D eigenvalue weighted by molar-refractivity contribution is 5.26. The van der Waals surface area contributed by atoms with E-state index in [4.69, 9.17) is 14.2 Å². The van der Waals surface area contributed by atoms with Gasteiger partial charge in [-0.2, -0.15) is 0 Å². The molecule has 0 amide bonds. The van der Waals surface area contributed by atoms with E-state index in [-0.39, 0.29) is 12.2 Å². The van der Waals surface area contributed by atoms with Gasteiger partial charge in [0.2, 0.25) is 0 Å². The molecule has 0 heterocycles. The van der Waals surface area contributed by atoms with Crippen molar-refractivity contribution in [2.45, 2.75) is 39.3 Å². The van der Waals surface area contributed by atoms with Crippen molar-refractivity contribution in [3.8, 4) is 5.75 Å². The first-order valence-corrected chi connectivity index (χ1v) is 8.25. The highest BCUT2D eigenvalue weighted by Crippen LogP contribution is 2.15. The van der Waals surface area contributed by atoms with E-state index >= 15 is 0 Å². The first-order valence-electron chi connectivity index (χ1n) is 8.25. The zero-order chi connectivity index (χ0) is 17.2. The molecule has 0 bridgehead atoms. The number of methoxy groups -OCH3 is 1. The molecule has 0 radical (unpaired) electrons. The molecule has 0 fully saturated rings. The molecule has 3 nitrogen and oxygen atoms in total. The Morgan fingerprint density at radius 2 is 1.50 bits per heavy atom. The molecule has 24 heavy (non-hydrogen) atoms. The van der Waals surface area contributed by atoms with Crippen LogP contribution in [0.2, 0.25) is 0 Å². The highest BCUT2D eigenvalue weighted by atomic mass is 16.5. The van der Waals surface area contributed by atoms with Crippen LogP contribution in [-0.4, -0.2) is 19.3 Å². The van der Waals surface area contributed by atoms with E-state index in [0.29, 0.717) is 13.2 Å². The maximum Gasteiger partial charge on any atom is 0.118 e. The summed E-state index contributed by atoms with van der Waals surface area (Å²) in [5, 5.41) is 0. The van der Waals surface area contributed by atoms with E-state index < -0.39 is 0 Å². The second kappa shape index (κ2) is 9.91. The van der Waals surface area contributed by atoms with Crippen LogP contribution < -0.4 is 4.74 Å². The van der Waals surface area contributed by atoms with Crippen LogP contribution in [0.4, 0.5) is 0 Å². The minimum absolute atomic E-state index is 0.0352. The van der Waals surface area contributed by atoms with Gasteiger partial charge in [-0.15, -0.1) is 0 Å². The fraction of sp³-hybridized carbons (Fsp3) is 0.333. The van der Waals surface area contributed by atoms with Gasteiger partial charge in [-0.25, -0.2) is 0 Å². The van der Waals surface area contributed by atoms with Crippen molar-refractivity contribution in [3.63, 3.8) is 0 Å². The van der Waals surface area contributed by atoms with E-state index in [2.05, 4.69) is 12.1 Å². The summed E-state index contributed by atoms with van der Waals surface area (Å²) in [5.74, 6) is 0.852. The van der Waals surface area contributed by atoms with Gasteiger partial charge in [-0.3, -0.25) is 0 Å². The summed E-state index contributed by atoms with van der Waals surface area (Å²) in [6, 6.07) is 18.1. The Bertz CT molecular complexity index is 605. The molecule has 128 valence electrons. The molecule has 2 aromatic carbocycles. The molecule has 0 spiro atoms. The third kappa shape index (κ3) is 5.84. The zero-order valence-electron chi connectivity index (χ0n) is 14.6. The molecule has 0 aliphatic heterocycles. The van der Waals surface area contributed by atoms with Crippen molar-refractivity contribution in [1.29, 1.82) is 0 Å². The Balaban J connectivity index is 1.86. The van der Waals surface area contributed by atoms with Crippen LogP contribution in [0.3, 0.4) is 0 Å². The first-order chi connectivity index (χ1) is 11.7. The summed E-state index contributed by atoms with van der Waals surface area (Å²) in [6.07, 6.45) is 3.94. The van der Waals surface area contributed by atoms with Crippen molar-refractivity contribution in [2.24, 2.45) is 0 Å². The zero-order valence-corrected chi connectivity index (χ0v) is 14.6. The van der Waals surface area contributed by atoms with Crippen LogP contribution >= 0.6 is 0 Å². The Labute approximate surface area is 144 Å². The van der Waals surface area contributed by atoms with Crippen LogP contribution in [0.1, 0.15) is 25.0 Å². The monoisotopic (exact) mass is 326 g/mol. The predicted octanol–water partition coefficient (Wildman–Crippen LogP) is 4.76. The summed E-state index contributed by atoms with van der Waals surface area (Å²) in [6.45, 7) is 5.16. The molecule has 0 saturated carbocycles. The average Bonchev–Trinajstić information content (AvgIpc) is 2.64. The predicted molar refractivity (Wildman–Crippen MR) is 97.1 cm³/mol. The van der Waals surface area contributed by atoms with Crippen molar-refractivity contribution in [1.82, 2.24) is 0 Å². The van der Waals surface area contributed by atoms with E-state index in [1.807, 2.05) is 68.5 Å². The molecular formula is C21H26O3. The Morgan fingerprint density at radius 3 is 2.12 bits per heavy atom. The first kappa shape index (κ1) is 18.2. The van der Waals surface area contributed by atoms with Gasteiger partial charge in [0.05, 0.1) is 26.4 Å². The van der Waals surface area contributed by atoms with E-state index in [9.17, 15) is 0 Å². The van der Waals surface area contributed by atoms with Crippen molar-refractivity contribution in [2.75, 3.05) is 7.11 Å². The van der Waals surface area contributed by atoms with Crippen LogP contribution in [0.5, 0.6) is 5.75 Å².